The number of carbonyl (C=O) groups excluding carboxylic acids is 2. The molecule has 0 saturated heterocycles. The Balaban J connectivity index is 3.97. The fourth-order valence-electron chi connectivity index (χ4n) is 1.94. The molecule has 21 heavy (non-hydrogen) atoms. The van der Waals surface area contributed by atoms with Gasteiger partial charge in [-0.2, -0.15) is 0 Å². The van der Waals surface area contributed by atoms with Crippen molar-refractivity contribution in [2.75, 3.05) is 33.2 Å². The second kappa shape index (κ2) is 11.2. The molecule has 2 amide bonds. The SMILES string of the molecule is C#CC[C@@H](C)NC(=O)CCC(=O)N(C)CCN(CC)CC. The number of hydrogen-bond acceptors (Lipinski definition) is 3. The summed E-state index contributed by atoms with van der Waals surface area (Å²) in [7, 11) is 1.78. The van der Waals surface area contributed by atoms with Gasteiger partial charge in [0.1, 0.15) is 0 Å². The van der Waals surface area contributed by atoms with Gasteiger partial charge in [0.15, 0.2) is 0 Å². The molecule has 0 aromatic rings. The maximum atomic E-state index is 11.9. The molecule has 0 aromatic carbocycles. The lowest BCUT2D eigenvalue weighted by Crippen LogP contribution is -2.37. The molecule has 5 heteroatoms. The average Bonchev–Trinajstić information content (AvgIpc) is 2.45. The summed E-state index contributed by atoms with van der Waals surface area (Å²) < 4.78 is 0. The van der Waals surface area contributed by atoms with Crippen LogP contribution in [-0.4, -0.2) is 60.9 Å². The molecule has 5 nitrogen and oxygen atoms in total. The third-order valence-electron chi connectivity index (χ3n) is 3.47. The molecule has 0 heterocycles. The van der Waals surface area contributed by atoms with Crippen LogP contribution in [0.25, 0.3) is 0 Å². The Labute approximate surface area is 129 Å². The Morgan fingerprint density at radius 3 is 2.33 bits per heavy atom. The van der Waals surface area contributed by atoms with Gasteiger partial charge in [0.2, 0.25) is 11.8 Å². The van der Waals surface area contributed by atoms with Crippen LogP contribution in [0.4, 0.5) is 0 Å². The number of amides is 2. The smallest absolute Gasteiger partial charge is 0.222 e. The quantitative estimate of drug-likeness (QED) is 0.614. The maximum absolute atomic E-state index is 11.9. The van der Waals surface area contributed by atoms with Gasteiger partial charge in [0.25, 0.3) is 0 Å². The third-order valence-corrected chi connectivity index (χ3v) is 3.47. The zero-order chi connectivity index (χ0) is 16.3. The van der Waals surface area contributed by atoms with E-state index in [0.717, 1.165) is 19.6 Å². The van der Waals surface area contributed by atoms with Crippen molar-refractivity contribution in [3.63, 3.8) is 0 Å². The first-order chi connectivity index (χ1) is 9.94. The largest absolute Gasteiger partial charge is 0.353 e. The summed E-state index contributed by atoms with van der Waals surface area (Å²) >= 11 is 0. The van der Waals surface area contributed by atoms with Crippen molar-refractivity contribution in [1.29, 1.82) is 0 Å². The summed E-state index contributed by atoms with van der Waals surface area (Å²) in [5.41, 5.74) is 0. The number of rotatable bonds is 10. The molecule has 0 aliphatic carbocycles. The molecule has 0 rings (SSSR count). The Kier molecular flexibility index (Phi) is 10.3. The Morgan fingerprint density at radius 2 is 1.81 bits per heavy atom. The van der Waals surface area contributed by atoms with E-state index in [9.17, 15) is 9.59 Å². The van der Waals surface area contributed by atoms with Gasteiger partial charge in [-0.3, -0.25) is 9.59 Å². The van der Waals surface area contributed by atoms with Gasteiger partial charge < -0.3 is 15.1 Å². The highest BCUT2D eigenvalue weighted by Crippen LogP contribution is 1.98. The molecule has 0 bridgehead atoms. The summed E-state index contributed by atoms with van der Waals surface area (Å²) in [6, 6.07) is -0.0435. The van der Waals surface area contributed by atoms with Crippen molar-refractivity contribution in [3.8, 4) is 12.3 Å². The lowest BCUT2D eigenvalue weighted by atomic mass is 10.2. The van der Waals surface area contributed by atoms with Crippen LogP contribution in [0, 0.1) is 12.3 Å². The van der Waals surface area contributed by atoms with E-state index < -0.39 is 0 Å². The first kappa shape index (κ1) is 19.5. The van der Waals surface area contributed by atoms with Gasteiger partial charge in [0.05, 0.1) is 0 Å². The minimum absolute atomic E-state index is 0.00177. The molecular weight excluding hydrogens is 266 g/mol. The molecule has 0 saturated carbocycles. The topological polar surface area (TPSA) is 52.7 Å². The third kappa shape index (κ3) is 9.09. The monoisotopic (exact) mass is 295 g/mol. The Hall–Kier alpha value is -1.54. The standard InChI is InChI=1S/C16H29N3O2/c1-6-9-14(4)17-15(20)10-11-16(21)18(5)12-13-19(7-2)8-3/h1,14H,7-13H2,2-5H3,(H,17,20)/t14-/m1/s1. The predicted molar refractivity (Wildman–Crippen MR) is 85.7 cm³/mol. The van der Waals surface area contributed by atoms with Crippen LogP contribution < -0.4 is 5.32 Å². The lowest BCUT2D eigenvalue weighted by Gasteiger charge is -2.23. The highest BCUT2D eigenvalue weighted by molar-refractivity contribution is 5.83. The van der Waals surface area contributed by atoms with Gasteiger partial charge in [0, 0.05) is 45.4 Å². The van der Waals surface area contributed by atoms with Crippen molar-refractivity contribution in [1.82, 2.24) is 15.1 Å². The summed E-state index contributed by atoms with van der Waals surface area (Å²) in [5, 5.41) is 2.78. The first-order valence-electron chi connectivity index (χ1n) is 7.63. The number of terminal acetylenes is 1. The highest BCUT2D eigenvalue weighted by atomic mass is 16.2. The van der Waals surface area contributed by atoms with E-state index in [0.29, 0.717) is 13.0 Å². The Bertz CT molecular complexity index is 359. The van der Waals surface area contributed by atoms with Gasteiger partial charge >= 0.3 is 0 Å². The van der Waals surface area contributed by atoms with Gasteiger partial charge in [-0.1, -0.05) is 13.8 Å². The first-order valence-corrected chi connectivity index (χ1v) is 7.63. The molecule has 1 atom stereocenters. The van der Waals surface area contributed by atoms with E-state index in [1.807, 2.05) is 6.92 Å². The number of hydrogen-bond donors (Lipinski definition) is 1. The zero-order valence-electron chi connectivity index (χ0n) is 13.8. The van der Waals surface area contributed by atoms with Gasteiger partial charge in [-0.15, -0.1) is 12.3 Å². The van der Waals surface area contributed by atoms with Crippen LogP contribution in [0.1, 0.15) is 40.0 Å². The van der Waals surface area contributed by atoms with Crippen LogP contribution in [0.2, 0.25) is 0 Å². The van der Waals surface area contributed by atoms with Crippen LogP contribution >= 0.6 is 0 Å². The second-order valence-electron chi connectivity index (χ2n) is 5.22. The van der Waals surface area contributed by atoms with Crippen LogP contribution in [-0.2, 0) is 9.59 Å². The zero-order valence-corrected chi connectivity index (χ0v) is 13.8. The molecule has 1 N–H and O–H groups in total. The van der Waals surface area contributed by atoms with Crippen molar-refractivity contribution in [2.45, 2.75) is 46.1 Å². The minimum atomic E-state index is -0.122. The van der Waals surface area contributed by atoms with Crippen molar-refractivity contribution < 1.29 is 9.59 Å². The normalized spacial score (nSPS) is 11.8. The highest BCUT2D eigenvalue weighted by Gasteiger charge is 2.13. The Morgan fingerprint density at radius 1 is 1.19 bits per heavy atom. The molecule has 0 unspecified atom stereocenters. The molecule has 0 spiro atoms. The number of carbonyl (C=O) groups is 2. The summed E-state index contributed by atoms with van der Waals surface area (Å²) in [6.07, 6.45) is 6.14. The summed E-state index contributed by atoms with van der Waals surface area (Å²) in [6.45, 7) is 9.58. The number of nitrogens with one attached hydrogen (secondary N) is 1. The molecule has 120 valence electrons. The fraction of sp³-hybridized carbons (Fsp3) is 0.750. The van der Waals surface area contributed by atoms with Crippen molar-refractivity contribution in [2.24, 2.45) is 0 Å². The van der Waals surface area contributed by atoms with Crippen molar-refractivity contribution in [3.05, 3.63) is 0 Å². The number of nitrogens with zero attached hydrogens (tertiary/aromatic N) is 2. The van der Waals surface area contributed by atoms with Gasteiger partial charge in [-0.05, 0) is 20.0 Å². The maximum Gasteiger partial charge on any atom is 0.222 e. The fourth-order valence-corrected chi connectivity index (χ4v) is 1.94. The predicted octanol–water partition coefficient (Wildman–Crippen LogP) is 1.09. The summed E-state index contributed by atoms with van der Waals surface area (Å²) in [5.74, 6) is 2.38. The van der Waals surface area contributed by atoms with Crippen LogP contribution in [0.5, 0.6) is 0 Å². The molecular formula is C16H29N3O2. The molecule has 0 aromatic heterocycles. The van der Waals surface area contributed by atoms with E-state index in [1.54, 1.807) is 11.9 Å². The lowest BCUT2D eigenvalue weighted by molar-refractivity contribution is -0.132. The van der Waals surface area contributed by atoms with E-state index in [4.69, 9.17) is 6.42 Å². The minimum Gasteiger partial charge on any atom is -0.353 e. The summed E-state index contributed by atoms with van der Waals surface area (Å²) in [4.78, 5) is 27.6. The van der Waals surface area contributed by atoms with Crippen molar-refractivity contribution >= 4 is 11.8 Å². The molecule has 0 radical (unpaired) electrons. The van der Waals surface area contributed by atoms with E-state index in [-0.39, 0.29) is 30.7 Å². The van der Waals surface area contributed by atoms with Gasteiger partial charge in [-0.25, -0.2) is 0 Å². The van der Waals surface area contributed by atoms with Crippen LogP contribution in [0.3, 0.4) is 0 Å². The van der Waals surface area contributed by atoms with E-state index in [2.05, 4.69) is 30.0 Å². The van der Waals surface area contributed by atoms with Crippen LogP contribution in [0.15, 0.2) is 0 Å². The van der Waals surface area contributed by atoms with E-state index in [1.165, 1.54) is 0 Å². The number of likely N-dealkylation sites (N-methyl/N-ethyl adjacent to an activating group) is 2. The molecule has 0 aliphatic rings. The molecule has 0 fully saturated rings. The molecule has 0 aliphatic heterocycles. The van der Waals surface area contributed by atoms with E-state index >= 15 is 0 Å². The second-order valence-corrected chi connectivity index (χ2v) is 5.22. The average molecular weight is 295 g/mol.